The van der Waals surface area contributed by atoms with Gasteiger partial charge in [0.05, 0.1) is 5.52 Å². The van der Waals surface area contributed by atoms with Gasteiger partial charge < -0.3 is 0 Å². The van der Waals surface area contributed by atoms with Crippen LogP contribution in [0.25, 0.3) is 10.9 Å². The zero-order valence-electron chi connectivity index (χ0n) is 9.99. The Labute approximate surface area is 92.6 Å². The highest BCUT2D eigenvalue weighted by molar-refractivity contribution is 6.70. The van der Waals surface area contributed by atoms with E-state index in [0.29, 0.717) is 6.71 Å². The van der Waals surface area contributed by atoms with Gasteiger partial charge in [0.15, 0.2) is 6.71 Å². The molecular weight excluding hydrogens is 181 g/mol. The maximum absolute atomic E-state index is 4.40. The van der Waals surface area contributed by atoms with E-state index >= 15 is 0 Å². The van der Waals surface area contributed by atoms with Gasteiger partial charge in [0, 0.05) is 6.20 Å². The molecule has 15 heavy (non-hydrogen) atoms. The molecule has 0 aliphatic rings. The van der Waals surface area contributed by atoms with E-state index in [4.69, 9.17) is 0 Å². The first-order valence-corrected chi connectivity index (χ1v) is 5.62. The zero-order chi connectivity index (χ0) is 11.3. The monoisotopic (exact) mass is 199 g/mol. The van der Waals surface area contributed by atoms with Crippen molar-refractivity contribution in [1.82, 2.24) is 4.98 Å². The fraction of sp³-hybridized carbons (Fsp3) is 0.308. The lowest BCUT2D eigenvalue weighted by atomic mass is 9.50. The summed E-state index contributed by atoms with van der Waals surface area (Å²) in [6.45, 7) is 8.93. The van der Waals surface area contributed by atoms with Gasteiger partial charge >= 0.3 is 0 Å². The third-order valence-corrected chi connectivity index (χ3v) is 2.28. The van der Waals surface area contributed by atoms with Gasteiger partial charge in [-0.05, 0) is 11.5 Å². The molecular formula is C13H18BN. The Bertz CT molecular complexity index is 424. The van der Waals surface area contributed by atoms with Gasteiger partial charge in [0.1, 0.15) is 0 Å². The molecule has 0 saturated carbocycles. The first-order valence-electron chi connectivity index (χ1n) is 5.62. The van der Waals surface area contributed by atoms with E-state index in [1.807, 2.05) is 38.2 Å². The van der Waals surface area contributed by atoms with Crippen molar-refractivity contribution in [3.8, 4) is 0 Å². The molecule has 1 aromatic carbocycles. The van der Waals surface area contributed by atoms with Crippen LogP contribution in [0.2, 0.25) is 13.6 Å². The number of aromatic nitrogens is 1. The van der Waals surface area contributed by atoms with Gasteiger partial charge in [-0.15, -0.1) is 0 Å². The summed E-state index contributed by atoms with van der Waals surface area (Å²) >= 11 is 0. The number of para-hydroxylation sites is 1. The molecule has 2 heteroatoms. The third kappa shape index (κ3) is 2.82. The molecule has 0 saturated heterocycles. The Morgan fingerprint density at radius 3 is 2.40 bits per heavy atom. The van der Waals surface area contributed by atoms with Crippen molar-refractivity contribution in [3.63, 3.8) is 0 Å². The minimum absolute atomic E-state index is 0.553. The number of hydrogen-bond donors (Lipinski definition) is 0. The molecule has 78 valence electrons. The van der Waals surface area contributed by atoms with E-state index in [2.05, 4.69) is 30.8 Å². The molecule has 0 spiro atoms. The number of pyridine rings is 1. The van der Waals surface area contributed by atoms with E-state index in [0.717, 1.165) is 5.52 Å². The summed E-state index contributed by atoms with van der Waals surface area (Å²) in [6.07, 6.45) is 1.97. The standard InChI is InChI=1S/C11H12BN.C2H6/c1-12(2)10-7-9-5-3-4-6-11(9)13-8-10;1-2/h3-8H,1-2H3;1-2H3. The Hall–Kier alpha value is -1.31. The van der Waals surface area contributed by atoms with Crippen molar-refractivity contribution in [3.05, 3.63) is 36.5 Å². The summed E-state index contributed by atoms with van der Waals surface area (Å²) in [5.41, 5.74) is 2.38. The molecule has 0 fully saturated rings. The van der Waals surface area contributed by atoms with Crippen LogP contribution in [0.5, 0.6) is 0 Å². The minimum Gasteiger partial charge on any atom is -0.257 e. The van der Waals surface area contributed by atoms with Crippen LogP contribution >= 0.6 is 0 Å². The molecule has 2 rings (SSSR count). The summed E-state index contributed by atoms with van der Waals surface area (Å²) in [5, 5.41) is 1.23. The van der Waals surface area contributed by atoms with Crippen molar-refractivity contribution in [2.24, 2.45) is 0 Å². The average Bonchev–Trinajstić information content (AvgIpc) is 2.31. The van der Waals surface area contributed by atoms with Crippen LogP contribution in [0.3, 0.4) is 0 Å². The molecule has 1 heterocycles. The summed E-state index contributed by atoms with van der Waals surface area (Å²) < 4.78 is 0. The quantitative estimate of drug-likeness (QED) is 0.642. The number of benzene rings is 1. The fourth-order valence-electron chi connectivity index (χ4n) is 1.40. The largest absolute Gasteiger partial charge is 0.257 e. The summed E-state index contributed by atoms with van der Waals surface area (Å²) in [7, 11) is 0. The summed E-state index contributed by atoms with van der Waals surface area (Å²) in [6, 6.07) is 10.4. The highest BCUT2D eigenvalue weighted by Gasteiger charge is 2.03. The van der Waals surface area contributed by atoms with Crippen molar-refractivity contribution in [2.75, 3.05) is 0 Å². The molecule has 0 unspecified atom stereocenters. The second-order valence-electron chi connectivity index (χ2n) is 3.62. The molecule has 1 nitrogen and oxygen atoms in total. The Balaban J connectivity index is 0.000000531. The second kappa shape index (κ2) is 5.55. The van der Waals surface area contributed by atoms with E-state index in [1.54, 1.807) is 0 Å². The lowest BCUT2D eigenvalue weighted by Gasteiger charge is -2.03. The Kier molecular flexibility index (Phi) is 4.35. The lowest BCUT2D eigenvalue weighted by molar-refractivity contribution is 1.43. The second-order valence-corrected chi connectivity index (χ2v) is 3.62. The smallest absolute Gasteiger partial charge is 0.171 e. The molecule has 0 aliphatic heterocycles. The van der Waals surface area contributed by atoms with E-state index in [1.165, 1.54) is 10.8 Å². The topological polar surface area (TPSA) is 12.9 Å². The highest BCUT2D eigenvalue weighted by atomic mass is 14.6. The van der Waals surface area contributed by atoms with Crippen LogP contribution in [0.1, 0.15) is 13.8 Å². The van der Waals surface area contributed by atoms with Crippen LogP contribution in [-0.2, 0) is 0 Å². The van der Waals surface area contributed by atoms with E-state index in [9.17, 15) is 0 Å². The molecule has 0 aliphatic carbocycles. The zero-order valence-corrected chi connectivity index (χ0v) is 9.99. The maximum Gasteiger partial charge on any atom is 0.171 e. The van der Waals surface area contributed by atoms with Gasteiger partial charge in [-0.2, -0.15) is 0 Å². The molecule has 0 N–H and O–H groups in total. The molecule has 2 aromatic rings. The Morgan fingerprint density at radius 2 is 1.73 bits per heavy atom. The van der Waals surface area contributed by atoms with E-state index < -0.39 is 0 Å². The number of rotatable bonds is 1. The van der Waals surface area contributed by atoms with Crippen LogP contribution in [0, 0.1) is 0 Å². The van der Waals surface area contributed by atoms with Gasteiger partial charge in [0.25, 0.3) is 0 Å². The number of nitrogens with zero attached hydrogens (tertiary/aromatic N) is 1. The van der Waals surface area contributed by atoms with Gasteiger partial charge in [-0.25, -0.2) is 0 Å². The summed E-state index contributed by atoms with van der Waals surface area (Å²) in [5.74, 6) is 0. The first-order chi connectivity index (χ1) is 7.27. The van der Waals surface area contributed by atoms with Gasteiger partial charge in [-0.3, -0.25) is 4.98 Å². The predicted molar refractivity (Wildman–Crippen MR) is 70.2 cm³/mol. The normalized spacial score (nSPS) is 9.33. The van der Waals surface area contributed by atoms with Crippen LogP contribution in [0.4, 0.5) is 0 Å². The molecule has 0 radical (unpaired) electrons. The molecule has 0 bridgehead atoms. The minimum atomic E-state index is 0.553. The number of hydrogen-bond acceptors (Lipinski definition) is 1. The van der Waals surface area contributed by atoms with Crippen LogP contribution < -0.4 is 5.46 Å². The van der Waals surface area contributed by atoms with Crippen LogP contribution in [0.15, 0.2) is 36.5 Å². The highest BCUT2D eigenvalue weighted by Crippen LogP contribution is 2.08. The third-order valence-electron chi connectivity index (χ3n) is 2.28. The van der Waals surface area contributed by atoms with Crippen LogP contribution in [-0.4, -0.2) is 11.7 Å². The predicted octanol–water partition coefficient (Wildman–Crippen LogP) is 3.22. The molecule has 0 amide bonds. The van der Waals surface area contributed by atoms with Crippen molar-refractivity contribution in [1.29, 1.82) is 0 Å². The fourth-order valence-corrected chi connectivity index (χ4v) is 1.40. The molecule has 0 atom stereocenters. The lowest BCUT2D eigenvalue weighted by Crippen LogP contribution is -2.22. The average molecular weight is 199 g/mol. The van der Waals surface area contributed by atoms with Gasteiger partial charge in [-0.1, -0.05) is 57.2 Å². The van der Waals surface area contributed by atoms with E-state index in [-0.39, 0.29) is 0 Å². The maximum atomic E-state index is 4.40. The van der Waals surface area contributed by atoms with Gasteiger partial charge in [0.2, 0.25) is 0 Å². The number of fused-ring (bicyclic) bond motifs is 1. The SMILES string of the molecule is CB(C)c1cnc2ccccc2c1.CC. The van der Waals surface area contributed by atoms with Crippen molar-refractivity contribution < 1.29 is 0 Å². The first kappa shape index (κ1) is 11.8. The molecule has 1 aromatic heterocycles. The van der Waals surface area contributed by atoms with Crippen molar-refractivity contribution >= 4 is 23.1 Å². The summed E-state index contributed by atoms with van der Waals surface area (Å²) in [4.78, 5) is 4.40. The van der Waals surface area contributed by atoms with Crippen molar-refractivity contribution in [2.45, 2.75) is 27.5 Å². The Morgan fingerprint density at radius 1 is 1.07 bits per heavy atom.